The summed E-state index contributed by atoms with van der Waals surface area (Å²) < 4.78 is 10.8. The second-order valence-corrected chi connectivity index (χ2v) is 8.22. The van der Waals surface area contributed by atoms with Gasteiger partial charge < -0.3 is 19.3 Å². The fourth-order valence-corrected chi connectivity index (χ4v) is 4.47. The van der Waals surface area contributed by atoms with E-state index in [1.807, 2.05) is 42.3 Å². The number of ether oxygens (including phenoxy) is 2. The number of piperidine rings is 1. The molecule has 1 saturated heterocycles. The molecule has 1 fully saturated rings. The number of anilines is 1. The molecule has 2 aromatic carbocycles. The van der Waals surface area contributed by atoms with Crippen molar-refractivity contribution in [1.29, 1.82) is 0 Å². The lowest BCUT2D eigenvalue weighted by molar-refractivity contribution is -0.120. The van der Waals surface area contributed by atoms with Crippen LogP contribution in [0.5, 0.6) is 11.5 Å². The molecule has 7 heteroatoms. The van der Waals surface area contributed by atoms with Crippen molar-refractivity contribution in [2.24, 2.45) is 0 Å². The van der Waals surface area contributed by atoms with Crippen LogP contribution in [0, 0.1) is 0 Å². The highest BCUT2D eigenvalue weighted by molar-refractivity contribution is 6.45. The molecule has 2 heterocycles. The van der Waals surface area contributed by atoms with Crippen molar-refractivity contribution >= 4 is 23.1 Å². The molecule has 2 aliphatic rings. The van der Waals surface area contributed by atoms with Crippen LogP contribution in [0.15, 0.2) is 54.2 Å². The van der Waals surface area contributed by atoms with Crippen molar-refractivity contribution < 1.29 is 19.1 Å². The molecule has 2 aliphatic heterocycles. The van der Waals surface area contributed by atoms with Gasteiger partial charge in [-0.3, -0.25) is 9.59 Å². The first-order valence-corrected chi connectivity index (χ1v) is 10.8. The Bertz CT molecular complexity index is 1040. The number of imide groups is 1. The minimum Gasteiger partial charge on any atom is -0.497 e. The molecule has 0 aromatic heterocycles. The number of amides is 2. The number of rotatable bonds is 6. The first-order valence-electron chi connectivity index (χ1n) is 10.8. The Labute approximate surface area is 188 Å². The van der Waals surface area contributed by atoms with Crippen LogP contribution in [0.2, 0.25) is 0 Å². The number of hydrogen-bond donors (Lipinski definition) is 0. The topological polar surface area (TPSA) is 62.3 Å². The molecule has 32 heavy (non-hydrogen) atoms. The van der Waals surface area contributed by atoms with E-state index >= 15 is 0 Å². The second-order valence-electron chi connectivity index (χ2n) is 8.22. The van der Waals surface area contributed by atoms with Crippen molar-refractivity contribution in [2.45, 2.75) is 18.9 Å². The minimum absolute atomic E-state index is 0.184. The summed E-state index contributed by atoms with van der Waals surface area (Å²) in [5.41, 5.74) is 1.95. The summed E-state index contributed by atoms with van der Waals surface area (Å²) in [6.07, 6.45) is 1.87. The SMILES string of the molecule is COc1ccc(OC)c(N2C(=O)C(c3ccccc3)=C(N(C)C3CCN(C)CC3)C2=O)c1. The number of methoxy groups -OCH3 is 2. The van der Waals surface area contributed by atoms with Gasteiger partial charge in [0, 0.05) is 19.2 Å². The molecule has 4 rings (SSSR count). The van der Waals surface area contributed by atoms with Crippen molar-refractivity contribution in [3.63, 3.8) is 0 Å². The third-order valence-corrected chi connectivity index (χ3v) is 6.34. The summed E-state index contributed by atoms with van der Waals surface area (Å²) in [5.74, 6) is 0.271. The van der Waals surface area contributed by atoms with Crippen LogP contribution in [-0.4, -0.2) is 69.1 Å². The van der Waals surface area contributed by atoms with Crippen LogP contribution in [0.25, 0.3) is 5.57 Å². The van der Waals surface area contributed by atoms with Crippen LogP contribution >= 0.6 is 0 Å². The zero-order valence-corrected chi connectivity index (χ0v) is 19.0. The zero-order chi connectivity index (χ0) is 22.8. The number of likely N-dealkylation sites (N-methyl/N-ethyl adjacent to an activating group) is 1. The lowest BCUT2D eigenvalue weighted by Gasteiger charge is -2.36. The summed E-state index contributed by atoms with van der Waals surface area (Å²) in [6.45, 7) is 1.91. The summed E-state index contributed by atoms with van der Waals surface area (Å²) in [4.78, 5) is 33.1. The smallest absolute Gasteiger partial charge is 0.282 e. The van der Waals surface area contributed by atoms with Gasteiger partial charge in [-0.25, -0.2) is 4.90 Å². The predicted octanol–water partition coefficient (Wildman–Crippen LogP) is 3.01. The van der Waals surface area contributed by atoms with Gasteiger partial charge >= 0.3 is 0 Å². The van der Waals surface area contributed by atoms with Gasteiger partial charge in [0.05, 0.1) is 25.5 Å². The van der Waals surface area contributed by atoms with E-state index in [2.05, 4.69) is 11.9 Å². The number of benzene rings is 2. The molecule has 0 N–H and O–H groups in total. The maximum absolute atomic E-state index is 13.8. The molecule has 0 radical (unpaired) electrons. The van der Waals surface area contributed by atoms with Crippen molar-refractivity contribution in [3.05, 3.63) is 59.8 Å². The Kier molecular flexibility index (Phi) is 6.19. The molecule has 168 valence electrons. The summed E-state index contributed by atoms with van der Waals surface area (Å²) in [5, 5.41) is 0. The highest BCUT2D eigenvalue weighted by Crippen LogP contribution is 2.40. The van der Waals surface area contributed by atoms with Gasteiger partial charge in [0.1, 0.15) is 17.2 Å². The van der Waals surface area contributed by atoms with E-state index in [9.17, 15) is 9.59 Å². The molecule has 2 amide bonds. The predicted molar refractivity (Wildman–Crippen MR) is 124 cm³/mol. The normalized spacial score (nSPS) is 17.8. The molecular weight excluding hydrogens is 406 g/mol. The lowest BCUT2D eigenvalue weighted by atomic mass is 10.0. The number of carbonyl (C=O) groups excluding carboxylic acids is 2. The average Bonchev–Trinajstić information content (AvgIpc) is 3.08. The van der Waals surface area contributed by atoms with Gasteiger partial charge in [0.25, 0.3) is 11.8 Å². The van der Waals surface area contributed by atoms with E-state index in [-0.39, 0.29) is 17.9 Å². The van der Waals surface area contributed by atoms with Crippen LogP contribution in [0.1, 0.15) is 18.4 Å². The van der Waals surface area contributed by atoms with Crippen molar-refractivity contribution in [2.75, 3.05) is 46.3 Å². The first kappa shape index (κ1) is 21.9. The Hall–Kier alpha value is -3.32. The van der Waals surface area contributed by atoms with E-state index < -0.39 is 0 Å². The summed E-state index contributed by atoms with van der Waals surface area (Å²) in [7, 11) is 7.09. The van der Waals surface area contributed by atoms with Gasteiger partial charge in [0.2, 0.25) is 0 Å². The minimum atomic E-state index is -0.359. The molecule has 7 nitrogen and oxygen atoms in total. The van der Waals surface area contributed by atoms with E-state index in [0.717, 1.165) is 31.5 Å². The van der Waals surface area contributed by atoms with Crippen LogP contribution in [0.3, 0.4) is 0 Å². The standard InChI is InChI=1S/C25H29N3O4/c1-26-14-12-18(13-15-26)27(2)23-22(17-8-6-5-7-9-17)24(29)28(25(23)30)20-16-19(31-3)10-11-21(20)32-4/h5-11,16,18H,12-15H2,1-4H3. The third-order valence-electron chi connectivity index (χ3n) is 6.34. The van der Waals surface area contributed by atoms with Crippen LogP contribution < -0.4 is 14.4 Å². The summed E-state index contributed by atoms with van der Waals surface area (Å²) in [6, 6.07) is 14.7. The molecule has 0 bridgehead atoms. The third kappa shape index (κ3) is 3.84. The quantitative estimate of drug-likeness (QED) is 0.650. The largest absolute Gasteiger partial charge is 0.497 e. The maximum Gasteiger partial charge on any atom is 0.282 e. The van der Waals surface area contributed by atoms with Crippen LogP contribution in [0.4, 0.5) is 5.69 Å². The van der Waals surface area contributed by atoms with E-state index in [1.165, 1.54) is 12.0 Å². The van der Waals surface area contributed by atoms with Gasteiger partial charge in [-0.05, 0) is 50.7 Å². The molecule has 0 aliphatic carbocycles. The Morgan fingerprint density at radius 1 is 0.938 bits per heavy atom. The molecule has 0 atom stereocenters. The number of likely N-dealkylation sites (tertiary alicyclic amines) is 1. The van der Waals surface area contributed by atoms with E-state index in [4.69, 9.17) is 9.47 Å². The number of hydrogen-bond acceptors (Lipinski definition) is 6. The molecular formula is C25H29N3O4. The van der Waals surface area contributed by atoms with Gasteiger partial charge in [-0.1, -0.05) is 30.3 Å². The molecule has 0 saturated carbocycles. The van der Waals surface area contributed by atoms with Crippen molar-refractivity contribution in [1.82, 2.24) is 9.80 Å². The van der Waals surface area contributed by atoms with Crippen molar-refractivity contribution in [3.8, 4) is 11.5 Å². The first-order chi connectivity index (χ1) is 15.5. The fraction of sp³-hybridized carbons (Fsp3) is 0.360. The second kappa shape index (κ2) is 9.04. The Morgan fingerprint density at radius 3 is 2.25 bits per heavy atom. The zero-order valence-electron chi connectivity index (χ0n) is 19.0. The molecule has 0 spiro atoms. The maximum atomic E-state index is 13.8. The lowest BCUT2D eigenvalue weighted by Crippen LogP contribution is -2.43. The van der Waals surface area contributed by atoms with Gasteiger partial charge in [0.15, 0.2) is 0 Å². The highest BCUT2D eigenvalue weighted by atomic mass is 16.5. The molecule has 2 aromatic rings. The Morgan fingerprint density at radius 2 is 1.62 bits per heavy atom. The average molecular weight is 436 g/mol. The molecule has 0 unspecified atom stereocenters. The Balaban J connectivity index is 1.81. The van der Waals surface area contributed by atoms with Gasteiger partial charge in [-0.2, -0.15) is 0 Å². The van der Waals surface area contributed by atoms with E-state index in [0.29, 0.717) is 28.5 Å². The summed E-state index contributed by atoms with van der Waals surface area (Å²) >= 11 is 0. The highest BCUT2D eigenvalue weighted by Gasteiger charge is 2.44. The number of nitrogens with zero attached hydrogens (tertiary/aromatic N) is 3. The van der Waals surface area contributed by atoms with Gasteiger partial charge in [-0.15, -0.1) is 0 Å². The number of carbonyl (C=O) groups is 2. The van der Waals surface area contributed by atoms with E-state index in [1.54, 1.807) is 25.3 Å². The fourth-order valence-electron chi connectivity index (χ4n) is 4.47. The monoisotopic (exact) mass is 435 g/mol. The van der Waals surface area contributed by atoms with Crippen LogP contribution in [-0.2, 0) is 9.59 Å².